The van der Waals surface area contributed by atoms with E-state index in [1.54, 1.807) is 0 Å². The fraction of sp³-hybridized carbons (Fsp3) is 0. The first-order valence-electron chi connectivity index (χ1n) is 3.58. The highest BCUT2D eigenvalue weighted by Gasteiger charge is 2.11. The molecule has 0 radical (unpaired) electrons. The first kappa shape index (κ1) is 9.17. The second kappa shape index (κ2) is 3.77. The maximum Gasteiger partial charge on any atom is 0.293 e. The zero-order valence-electron chi connectivity index (χ0n) is 6.73. The van der Waals surface area contributed by atoms with Crippen LogP contribution >= 0.6 is 22.9 Å². The molecule has 0 atom stereocenters. The molecule has 0 fully saturated rings. The second-order valence-corrected chi connectivity index (χ2v) is 3.51. The molecule has 72 valence electrons. The van der Waals surface area contributed by atoms with Gasteiger partial charge in [-0.1, -0.05) is 11.3 Å². The van der Waals surface area contributed by atoms with Crippen molar-refractivity contribution in [1.82, 2.24) is 10.2 Å². The summed E-state index contributed by atoms with van der Waals surface area (Å²) < 4.78 is 4.90. The van der Waals surface area contributed by atoms with Crippen molar-refractivity contribution in [1.29, 1.82) is 0 Å². The molecule has 0 saturated carbocycles. The van der Waals surface area contributed by atoms with Gasteiger partial charge in [0.1, 0.15) is 5.51 Å². The van der Waals surface area contributed by atoms with Crippen molar-refractivity contribution in [3.05, 3.63) is 28.6 Å². The van der Waals surface area contributed by atoms with Crippen LogP contribution in [0.4, 0.5) is 5.13 Å². The number of amides is 1. The number of halogens is 1. The summed E-state index contributed by atoms with van der Waals surface area (Å²) in [5.74, 6) is -0.251. The molecule has 2 aromatic rings. The van der Waals surface area contributed by atoms with Crippen LogP contribution in [0.1, 0.15) is 10.6 Å². The Morgan fingerprint density at radius 1 is 1.57 bits per heavy atom. The number of anilines is 1. The van der Waals surface area contributed by atoms with Crippen molar-refractivity contribution >= 4 is 34.0 Å². The number of furan rings is 1. The van der Waals surface area contributed by atoms with Crippen LogP contribution in [0.15, 0.2) is 22.1 Å². The molecule has 1 N–H and O–H groups in total. The number of carbonyl (C=O) groups is 1. The standard InChI is InChI=1S/C7H4ClN3O2S/c8-5-2-1-4(13-5)6(12)10-7-11-9-3-14-7/h1-3H,(H,10,11,12). The van der Waals surface area contributed by atoms with Crippen molar-refractivity contribution in [3.63, 3.8) is 0 Å². The van der Waals surface area contributed by atoms with E-state index >= 15 is 0 Å². The summed E-state index contributed by atoms with van der Waals surface area (Å²) in [5.41, 5.74) is 1.52. The van der Waals surface area contributed by atoms with Gasteiger partial charge in [0.2, 0.25) is 5.13 Å². The van der Waals surface area contributed by atoms with Crippen molar-refractivity contribution in [3.8, 4) is 0 Å². The van der Waals surface area contributed by atoms with Crippen LogP contribution < -0.4 is 5.32 Å². The molecule has 2 aromatic heterocycles. The Hall–Kier alpha value is -1.40. The molecule has 14 heavy (non-hydrogen) atoms. The minimum absolute atomic E-state index is 0.144. The van der Waals surface area contributed by atoms with Gasteiger partial charge in [-0.2, -0.15) is 0 Å². The lowest BCUT2D eigenvalue weighted by molar-refractivity contribution is 0.0996. The summed E-state index contributed by atoms with van der Waals surface area (Å²) in [6, 6.07) is 2.98. The zero-order chi connectivity index (χ0) is 9.97. The van der Waals surface area contributed by atoms with Crippen LogP contribution in [0.3, 0.4) is 0 Å². The van der Waals surface area contributed by atoms with Gasteiger partial charge in [-0.15, -0.1) is 10.2 Å². The molecule has 0 aromatic carbocycles. The van der Waals surface area contributed by atoms with Crippen molar-refractivity contribution in [2.75, 3.05) is 5.32 Å². The minimum Gasteiger partial charge on any atom is -0.440 e. The molecule has 0 saturated heterocycles. The van der Waals surface area contributed by atoms with E-state index in [-0.39, 0.29) is 11.0 Å². The lowest BCUT2D eigenvalue weighted by Crippen LogP contribution is -2.10. The monoisotopic (exact) mass is 229 g/mol. The predicted octanol–water partition coefficient (Wildman–Crippen LogP) is 2.04. The summed E-state index contributed by atoms with van der Waals surface area (Å²) in [4.78, 5) is 11.4. The van der Waals surface area contributed by atoms with Gasteiger partial charge in [0.15, 0.2) is 11.0 Å². The largest absolute Gasteiger partial charge is 0.440 e. The Labute approximate surface area is 87.7 Å². The summed E-state index contributed by atoms with van der Waals surface area (Å²) in [5, 5.41) is 10.3. The predicted molar refractivity (Wildman–Crippen MR) is 51.6 cm³/mol. The molecule has 0 aliphatic rings. The number of hydrogen-bond donors (Lipinski definition) is 1. The smallest absolute Gasteiger partial charge is 0.293 e. The lowest BCUT2D eigenvalue weighted by atomic mass is 10.4. The van der Waals surface area contributed by atoms with Crippen LogP contribution in [0, 0.1) is 0 Å². The Morgan fingerprint density at radius 3 is 3.00 bits per heavy atom. The first-order chi connectivity index (χ1) is 6.75. The van der Waals surface area contributed by atoms with Gasteiger partial charge in [-0.25, -0.2) is 0 Å². The van der Waals surface area contributed by atoms with Gasteiger partial charge < -0.3 is 4.42 Å². The molecular formula is C7H4ClN3O2S. The number of nitrogens with zero attached hydrogens (tertiary/aromatic N) is 2. The first-order valence-corrected chi connectivity index (χ1v) is 4.84. The number of aromatic nitrogens is 2. The third-order valence-corrected chi connectivity index (χ3v) is 2.19. The molecule has 2 rings (SSSR count). The second-order valence-electron chi connectivity index (χ2n) is 2.30. The van der Waals surface area contributed by atoms with E-state index in [2.05, 4.69) is 15.5 Å². The highest BCUT2D eigenvalue weighted by molar-refractivity contribution is 7.13. The van der Waals surface area contributed by atoms with Crippen LogP contribution in [-0.2, 0) is 0 Å². The number of nitrogens with one attached hydrogen (secondary N) is 1. The van der Waals surface area contributed by atoms with Gasteiger partial charge in [0.25, 0.3) is 5.91 Å². The normalized spacial score (nSPS) is 10.1. The number of carbonyl (C=O) groups excluding carboxylic acids is 1. The zero-order valence-corrected chi connectivity index (χ0v) is 8.30. The van der Waals surface area contributed by atoms with Crippen LogP contribution in [-0.4, -0.2) is 16.1 Å². The average molecular weight is 230 g/mol. The van der Waals surface area contributed by atoms with Gasteiger partial charge in [-0.05, 0) is 23.7 Å². The van der Waals surface area contributed by atoms with Gasteiger partial charge in [0.05, 0.1) is 0 Å². The molecule has 2 heterocycles. The molecule has 0 bridgehead atoms. The third kappa shape index (κ3) is 1.91. The highest BCUT2D eigenvalue weighted by atomic mass is 35.5. The van der Waals surface area contributed by atoms with Crippen molar-refractivity contribution in [2.45, 2.75) is 0 Å². The summed E-state index contributed by atoms with van der Waals surface area (Å²) in [7, 11) is 0. The van der Waals surface area contributed by atoms with E-state index in [4.69, 9.17) is 16.0 Å². The van der Waals surface area contributed by atoms with Gasteiger partial charge in [-0.3, -0.25) is 10.1 Å². The van der Waals surface area contributed by atoms with Crippen LogP contribution in [0.2, 0.25) is 5.22 Å². The van der Waals surface area contributed by atoms with Gasteiger partial charge >= 0.3 is 0 Å². The fourth-order valence-corrected chi connectivity index (χ4v) is 1.41. The Kier molecular flexibility index (Phi) is 2.47. The summed E-state index contributed by atoms with van der Waals surface area (Å²) >= 11 is 6.74. The van der Waals surface area contributed by atoms with E-state index in [9.17, 15) is 4.79 Å². The van der Waals surface area contributed by atoms with Crippen molar-refractivity contribution in [2.24, 2.45) is 0 Å². The number of hydrogen-bond acceptors (Lipinski definition) is 5. The summed E-state index contributed by atoms with van der Waals surface area (Å²) in [6.45, 7) is 0. The molecule has 0 aliphatic heterocycles. The fourth-order valence-electron chi connectivity index (χ4n) is 0.823. The molecular weight excluding hydrogens is 226 g/mol. The quantitative estimate of drug-likeness (QED) is 0.856. The van der Waals surface area contributed by atoms with Crippen LogP contribution in [0.25, 0.3) is 0 Å². The Bertz CT molecular complexity index is 439. The van der Waals surface area contributed by atoms with E-state index < -0.39 is 5.91 Å². The highest BCUT2D eigenvalue weighted by Crippen LogP contribution is 2.15. The molecule has 7 heteroatoms. The lowest BCUT2D eigenvalue weighted by Gasteiger charge is -1.95. The van der Waals surface area contributed by atoms with E-state index in [1.165, 1.54) is 29.0 Å². The van der Waals surface area contributed by atoms with Crippen LogP contribution in [0.5, 0.6) is 0 Å². The molecule has 0 aliphatic carbocycles. The molecule has 1 amide bonds. The Morgan fingerprint density at radius 2 is 2.43 bits per heavy atom. The van der Waals surface area contributed by atoms with E-state index in [1.807, 2.05) is 0 Å². The Balaban J connectivity index is 2.10. The maximum atomic E-state index is 11.4. The third-order valence-electron chi connectivity index (χ3n) is 1.38. The molecule has 0 spiro atoms. The van der Waals surface area contributed by atoms with Crippen molar-refractivity contribution < 1.29 is 9.21 Å². The van der Waals surface area contributed by atoms with E-state index in [0.717, 1.165) is 0 Å². The minimum atomic E-state index is -0.395. The average Bonchev–Trinajstić information content (AvgIpc) is 2.75. The maximum absolute atomic E-state index is 11.4. The van der Waals surface area contributed by atoms with Gasteiger partial charge in [0, 0.05) is 0 Å². The summed E-state index contributed by atoms with van der Waals surface area (Å²) in [6.07, 6.45) is 0. The molecule has 5 nitrogen and oxygen atoms in total. The topological polar surface area (TPSA) is 68.0 Å². The van der Waals surface area contributed by atoms with E-state index in [0.29, 0.717) is 5.13 Å². The molecule has 0 unspecified atom stereocenters. The SMILES string of the molecule is O=C(Nc1nncs1)c1ccc(Cl)o1. The number of rotatable bonds is 2.